The molecule has 5 nitrogen and oxygen atoms in total. The molecule has 0 aromatic rings. The van der Waals surface area contributed by atoms with Gasteiger partial charge in [0.25, 0.3) is 5.91 Å². The summed E-state index contributed by atoms with van der Waals surface area (Å²) in [4.78, 5) is 32.4. The normalized spacial score (nSPS) is 17.6. The van der Waals surface area contributed by atoms with Crippen LogP contribution in [0.5, 0.6) is 0 Å². The Morgan fingerprint density at radius 1 is 1.31 bits per heavy atom. The number of hydrogen-bond acceptors (Lipinski definition) is 3. The number of nitrogens with zero attached hydrogens (tertiary/aromatic N) is 1. The molecule has 1 N–H and O–H groups in total. The van der Waals surface area contributed by atoms with Crippen LogP contribution in [0, 0.1) is 0 Å². The highest BCUT2D eigenvalue weighted by atomic mass is 19.3. The third-order valence-electron chi connectivity index (χ3n) is 1.45. The van der Waals surface area contributed by atoms with Gasteiger partial charge in [-0.05, 0) is 0 Å². The summed E-state index contributed by atoms with van der Waals surface area (Å²) in [5.74, 6) is -2.99. The average Bonchev–Trinajstić information content (AvgIpc) is 2.01. The van der Waals surface area contributed by atoms with Crippen LogP contribution >= 0.6 is 0 Å². The predicted octanol–water partition coefficient (Wildman–Crippen LogP) is -1.26. The van der Waals surface area contributed by atoms with E-state index in [0.29, 0.717) is 4.90 Å². The van der Waals surface area contributed by atoms with Gasteiger partial charge in [0.15, 0.2) is 0 Å². The van der Waals surface area contributed by atoms with Crippen LogP contribution in [-0.2, 0) is 14.4 Å². The van der Waals surface area contributed by atoms with Crippen molar-refractivity contribution in [2.75, 3.05) is 13.1 Å². The molecule has 0 spiro atoms. The Hall–Kier alpha value is -1.53. The summed E-state index contributed by atoms with van der Waals surface area (Å²) in [7, 11) is 0. The zero-order chi connectivity index (χ0) is 10.0. The number of hydrogen-bond donors (Lipinski definition) is 1. The number of rotatable bonds is 1. The SMILES string of the molecule is O=C1CN(C(=O)C(F)F)CC(=O)N1. The van der Waals surface area contributed by atoms with E-state index in [0.717, 1.165) is 0 Å². The molecule has 0 aromatic heterocycles. The minimum absolute atomic E-state index is 0.491. The van der Waals surface area contributed by atoms with Crippen molar-refractivity contribution in [3.8, 4) is 0 Å². The molecule has 1 fully saturated rings. The van der Waals surface area contributed by atoms with Gasteiger partial charge in [-0.2, -0.15) is 8.78 Å². The van der Waals surface area contributed by atoms with Crippen molar-refractivity contribution in [2.45, 2.75) is 6.43 Å². The van der Waals surface area contributed by atoms with E-state index in [4.69, 9.17) is 0 Å². The molecule has 1 aliphatic heterocycles. The van der Waals surface area contributed by atoms with E-state index in [1.54, 1.807) is 0 Å². The number of piperazine rings is 1. The van der Waals surface area contributed by atoms with Crippen LogP contribution in [0.4, 0.5) is 8.78 Å². The lowest BCUT2D eigenvalue weighted by Gasteiger charge is -2.24. The van der Waals surface area contributed by atoms with Crippen molar-refractivity contribution < 1.29 is 23.2 Å². The summed E-state index contributed by atoms with van der Waals surface area (Å²) in [6.45, 7) is -0.982. The second-order valence-electron chi connectivity index (χ2n) is 2.47. The molecule has 7 heteroatoms. The topological polar surface area (TPSA) is 66.5 Å². The second-order valence-corrected chi connectivity index (χ2v) is 2.47. The molecule has 13 heavy (non-hydrogen) atoms. The van der Waals surface area contributed by atoms with E-state index in [1.807, 2.05) is 5.32 Å². The number of amides is 3. The Kier molecular flexibility index (Phi) is 2.54. The summed E-state index contributed by atoms with van der Waals surface area (Å²) >= 11 is 0. The Balaban J connectivity index is 2.65. The van der Waals surface area contributed by atoms with Gasteiger partial charge in [-0.25, -0.2) is 0 Å². The van der Waals surface area contributed by atoms with Crippen LogP contribution in [0.3, 0.4) is 0 Å². The first kappa shape index (κ1) is 9.56. The van der Waals surface area contributed by atoms with Crippen LogP contribution in [0.2, 0.25) is 0 Å². The molecule has 0 saturated carbocycles. The Bertz CT molecular complexity index is 251. The summed E-state index contributed by atoms with van der Waals surface area (Å²) in [5, 5.41) is 1.89. The molecular formula is C6H6F2N2O3. The fourth-order valence-electron chi connectivity index (χ4n) is 0.931. The van der Waals surface area contributed by atoms with Gasteiger partial charge in [0.1, 0.15) is 13.1 Å². The molecule has 72 valence electrons. The Morgan fingerprint density at radius 3 is 2.15 bits per heavy atom. The van der Waals surface area contributed by atoms with Crippen LogP contribution in [0.15, 0.2) is 0 Å². The summed E-state index contributed by atoms with van der Waals surface area (Å²) < 4.78 is 23.7. The second kappa shape index (κ2) is 3.46. The van der Waals surface area contributed by atoms with Crippen molar-refractivity contribution in [1.82, 2.24) is 10.2 Å². The van der Waals surface area contributed by atoms with Crippen molar-refractivity contribution in [3.63, 3.8) is 0 Å². The first-order valence-electron chi connectivity index (χ1n) is 3.40. The van der Waals surface area contributed by atoms with Crippen molar-refractivity contribution in [1.29, 1.82) is 0 Å². The summed E-state index contributed by atoms with van der Waals surface area (Å²) in [6.07, 6.45) is -3.18. The highest BCUT2D eigenvalue weighted by molar-refractivity contribution is 6.02. The molecule has 0 aromatic carbocycles. The monoisotopic (exact) mass is 192 g/mol. The standard InChI is InChI=1S/C6H6F2N2O3/c7-5(8)6(13)10-1-3(11)9-4(12)2-10/h5H,1-2H2,(H,9,11,12). The van der Waals surface area contributed by atoms with Gasteiger partial charge in [-0.3, -0.25) is 19.7 Å². The smallest absolute Gasteiger partial charge is 0.315 e. The third-order valence-corrected chi connectivity index (χ3v) is 1.45. The average molecular weight is 192 g/mol. The molecule has 0 bridgehead atoms. The van der Waals surface area contributed by atoms with Gasteiger partial charge in [0.2, 0.25) is 11.8 Å². The lowest BCUT2D eigenvalue weighted by molar-refractivity contribution is -0.151. The Morgan fingerprint density at radius 2 is 1.77 bits per heavy atom. The lowest BCUT2D eigenvalue weighted by atomic mass is 10.3. The maximum absolute atomic E-state index is 11.8. The van der Waals surface area contributed by atoms with Crippen LogP contribution in [-0.4, -0.2) is 42.1 Å². The minimum atomic E-state index is -3.18. The number of carbonyl (C=O) groups is 3. The van der Waals surface area contributed by atoms with Crippen molar-refractivity contribution in [2.24, 2.45) is 0 Å². The number of carbonyl (C=O) groups excluding carboxylic acids is 3. The molecule has 0 radical (unpaired) electrons. The summed E-state index contributed by atoms with van der Waals surface area (Å²) in [6, 6.07) is 0. The van der Waals surface area contributed by atoms with E-state index in [1.165, 1.54) is 0 Å². The van der Waals surface area contributed by atoms with Crippen molar-refractivity contribution >= 4 is 17.7 Å². The first-order valence-corrected chi connectivity index (χ1v) is 3.40. The quantitative estimate of drug-likeness (QED) is 0.527. The largest absolute Gasteiger partial charge is 0.319 e. The number of imide groups is 1. The number of nitrogens with one attached hydrogen (secondary N) is 1. The highest BCUT2D eigenvalue weighted by Crippen LogP contribution is 2.02. The zero-order valence-corrected chi connectivity index (χ0v) is 6.42. The molecule has 0 atom stereocenters. The maximum atomic E-state index is 11.8. The zero-order valence-electron chi connectivity index (χ0n) is 6.42. The number of halogens is 2. The molecule has 1 heterocycles. The van der Waals surface area contributed by atoms with Gasteiger partial charge < -0.3 is 4.90 Å². The van der Waals surface area contributed by atoms with Gasteiger partial charge in [0, 0.05) is 0 Å². The van der Waals surface area contributed by atoms with E-state index in [-0.39, 0.29) is 0 Å². The van der Waals surface area contributed by atoms with Gasteiger partial charge in [-0.15, -0.1) is 0 Å². The molecule has 0 aliphatic carbocycles. The summed E-state index contributed by atoms with van der Waals surface area (Å²) in [5.41, 5.74) is 0. The Labute approximate surface area is 71.7 Å². The fourth-order valence-corrected chi connectivity index (χ4v) is 0.931. The molecule has 1 saturated heterocycles. The molecule has 0 unspecified atom stereocenters. The van der Waals surface area contributed by atoms with Gasteiger partial charge in [-0.1, -0.05) is 0 Å². The molecule has 1 aliphatic rings. The van der Waals surface area contributed by atoms with Crippen LogP contribution < -0.4 is 5.32 Å². The lowest BCUT2D eigenvalue weighted by Crippen LogP contribution is -2.54. The molecule has 3 amide bonds. The minimum Gasteiger partial charge on any atom is -0.319 e. The van der Waals surface area contributed by atoms with E-state index >= 15 is 0 Å². The van der Waals surface area contributed by atoms with Gasteiger partial charge >= 0.3 is 6.43 Å². The fraction of sp³-hybridized carbons (Fsp3) is 0.500. The van der Waals surface area contributed by atoms with E-state index in [2.05, 4.69) is 0 Å². The van der Waals surface area contributed by atoms with Crippen LogP contribution in [0.1, 0.15) is 0 Å². The highest BCUT2D eigenvalue weighted by Gasteiger charge is 2.30. The van der Waals surface area contributed by atoms with Crippen molar-refractivity contribution in [3.05, 3.63) is 0 Å². The molecular weight excluding hydrogens is 186 g/mol. The van der Waals surface area contributed by atoms with Crippen LogP contribution in [0.25, 0.3) is 0 Å². The van der Waals surface area contributed by atoms with E-state index in [9.17, 15) is 23.2 Å². The molecule has 1 rings (SSSR count). The third kappa shape index (κ3) is 2.20. The first-order chi connectivity index (χ1) is 6.00. The van der Waals surface area contributed by atoms with Gasteiger partial charge in [0.05, 0.1) is 0 Å². The maximum Gasteiger partial charge on any atom is 0.315 e. The predicted molar refractivity (Wildman–Crippen MR) is 35.7 cm³/mol. The number of alkyl halides is 2. The van der Waals surface area contributed by atoms with E-state index < -0.39 is 37.2 Å².